The largest absolute Gasteiger partial charge is 0.480 e. The number of H-pyrrole nitrogens is 1. The molecule has 0 spiro atoms. The van der Waals surface area contributed by atoms with E-state index in [2.05, 4.69) is 35.9 Å². The Hall–Kier alpha value is -5.52. The second-order valence-corrected chi connectivity index (χ2v) is 11.6. The Kier molecular flexibility index (Phi) is 11.8. The molecule has 0 fully saturated rings. The molecule has 0 bridgehead atoms. The first-order valence-electron chi connectivity index (χ1n) is 14.7. The average Bonchev–Trinajstić information content (AvgIpc) is 3.75. The van der Waals surface area contributed by atoms with Crippen molar-refractivity contribution in [2.75, 3.05) is 6.54 Å². The van der Waals surface area contributed by atoms with Gasteiger partial charge in [0, 0.05) is 49.6 Å². The van der Waals surface area contributed by atoms with Gasteiger partial charge in [-0.1, -0.05) is 24.3 Å². The number of carboxylic acids is 1. The number of amides is 5. The van der Waals surface area contributed by atoms with Crippen molar-refractivity contribution >= 4 is 47.0 Å². The molecule has 0 radical (unpaired) electrons. The molecular formula is C29H37N11O6S. The molecule has 3 aromatic rings. The summed E-state index contributed by atoms with van der Waals surface area (Å²) < 4.78 is 0. The van der Waals surface area contributed by atoms with Gasteiger partial charge >= 0.3 is 12.0 Å². The molecule has 1 aromatic carbocycles. The summed E-state index contributed by atoms with van der Waals surface area (Å²) >= 11 is 1.29. The van der Waals surface area contributed by atoms with Gasteiger partial charge in [0.1, 0.15) is 24.2 Å². The Bertz CT molecular complexity index is 1580. The monoisotopic (exact) mass is 667 g/mol. The van der Waals surface area contributed by atoms with Gasteiger partial charge in [-0.3, -0.25) is 19.4 Å². The molecular weight excluding hydrogens is 630 g/mol. The number of aliphatic imine (C=N–C) groups is 1. The maximum Gasteiger partial charge on any atom is 0.326 e. The van der Waals surface area contributed by atoms with Crippen LogP contribution in [0.25, 0.3) is 0 Å². The number of hydrogen-bond donors (Lipinski definition) is 8. The third-order valence-electron chi connectivity index (χ3n) is 7.52. The van der Waals surface area contributed by atoms with Crippen molar-refractivity contribution in [2.45, 2.75) is 62.8 Å². The maximum atomic E-state index is 14.0. The SMILES string of the molecule is NC(=O)N[C@@H](Cc1cnc[nH]1)C(=O)NC(Cc1cscn1)C(=O)N[C@@H](CCCN=C(N)N)C(=O)N1Cc2ccccc2C[C@H]1C(=O)O. The van der Waals surface area contributed by atoms with Crippen LogP contribution in [-0.2, 0) is 45.0 Å². The second kappa shape index (κ2) is 16.2. The van der Waals surface area contributed by atoms with E-state index in [0.29, 0.717) is 11.4 Å². The molecule has 0 aliphatic carbocycles. The Morgan fingerprint density at radius 2 is 1.72 bits per heavy atom. The summed E-state index contributed by atoms with van der Waals surface area (Å²) in [6.07, 6.45) is 3.27. The summed E-state index contributed by atoms with van der Waals surface area (Å²) in [6.45, 7) is 0.180. The summed E-state index contributed by atoms with van der Waals surface area (Å²) in [4.78, 5) is 81.5. The highest BCUT2D eigenvalue weighted by molar-refractivity contribution is 7.07. The smallest absolute Gasteiger partial charge is 0.326 e. The standard InChI is InChI=1S/C29H37N11O6S/c30-28(31)34-7-3-6-20(26(43)40-12-17-5-2-1-4-16(17)8-23(40)27(44)45)37-24(41)21(10-19-13-47-15-36-19)38-25(42)22(39-29(32)46)9-18-11-33-14-35-18/h1-2,4-5,11,13-15,20-23H,3,6-10,12H2,(H,33,35)(H,37,41)(H,38,42)(H,44,45)(H4,30,31,34)(H3,32,39,46)/t20-,21?,22-,23-/m0/s1. The van der Waals surface area contributed by atoms with E-state index in [1.54, 1.807) is 23.0 Å². The zero-order valence-corrected chi connectivity index (χ0v) is 26.1. The zero-order chi connectivity index (χ0) is 33.9. The van der Waals surface area contributed by atoms with Crippen LogP contribution in [0.3, 0.4) is 0 Å². The number of imidazole rings is 1. The number of carbonyl (C=O) groups excluding carboxylic acids is 4. The van der Waals surface area contributed by atoms with E-state index in [4.69, 9.17) is 17.2 Å². The van der Waals surface area contributed by atoms with E-state index in [-0.39, 0.29) is 51.2 Å². The number of nitrogens with one attached hydrogen (secondary N) is 4. The Labute approximate surface area is 273 Å². The molecule has 0 saturated heterocycles. The molecule has 4 atom stereocenters. The van der Waals surface area contributed by atoms with Gasteiger partial charge in [0.2, 0.25) is 17.7 Å². The fourth-order valence-electron chi connectivity index (χ4n) is 5.23. The summed E-state index contributed by atoms with van der Waals surface area (Å²) in [5.74, 6) is -3.39. The number of nitrogens with two attached hydrogens (primary N) is 3. The van der Waals surface area contributed by atoms with Gasteiger partial charge in [-0.05, 0) is 24.0 Å². The number of carbonyl (C=O) groups is 5. The van der Waals surface area contributed by atoms with Gasteiger partial charge in [0.25, 0.3) is 0 Å². The number of nitrogens with zero attached hydrogens (tertiary/aromatic N) is 4. The van der Waals surface area contributed by atoms with Gasteiger partial charge in [0.05, 0.1) is 17.5 Å². The summed E-state index contributed by atoms with van der Waals surface area (Å²) in [5.41, 5.74) is 20.4. The molecule has 5 amide bonds. The number of aliphatic carboxylic acids is 1. The van der Waals surface area contributed by atoms with Crippen molar-refractivity contribution in [1.29, 1.82) is 0 Å². The zero-order valence-electron chi connectivity index (χ0n) is 25.3. The summed E-state index contributed by atoms with van der Waals surface area (Å²) in [5, 5.41) is 19.5. The predicted molar refractivity (Wildman–Crippen MR) is 171 cm³/mol. The van der Waals surface area contributed by atoms with Crippen LogP contribution in [0.2, 0.25) is 0 Å². The molecule has 1 unspecified atom stereocenters. The Balaban J connectivity index is 1.58. The van der Waals surface area contributed by atoms with Crippen molar-refractivity contribution < 1.29 is 29.1 Å². The van der Waals surface area contributed by atoms with Crippen LogP contribution >= 0.6 is 11.3 Å². The first-order chi connectivity index (χ1) is 22.5. The molecule has 18 heteroatoms. The number of guanidine groups is 1. The van der Waals surface area contributed by atoms with E-state index in [0.717, 1.165) is 11.1 Å². The second-order valence-electron chi connectivity index (χ2n) is 10.9. The van der Waals surface area contributed by atoms with Gasteiger partial charge in [0.15, 0.2) is 5.96 Å². The lowest BCUT2D eigenvalue weighted by Gasteiger charge is -2.37. The van der Waals surface area contributed by atoms with Crippen LogP contribution in [0.1, 0.15) is 35.4 Å². The topological polar surface area (TPSA) is 277 Å². The van der Waals surface area contributed by atoms with Crippen LogP contribution < -0.4 is 33.2 Å². The lowest BCUT2D eigenvalue weighted by molar-refractivity contribution is -0.153. The predicted octanol–water partition coefficient (Wildman–Crippen LogP) is -1.25. The first-order valence-corrected chi connectivity index (χ1v) is 15.6. The molecule has 3 heterocycles. The van der Waals surface area contributed by atoms with E-state index in [1.807, 2.05) is 12.1 Å². The molecule has 11 N–H and O–H groups in total. The molecule has 1 aliphatic rings. The minimum Gasteiger partial charge on any atom is -0.480 e. The molecule has 4 rings (SSSR count). The number of urea groups is 1. The van der Waals surface area contributed by atoms with Gasteiger partial charge in [-0.2, -0.15) is 0 Å². The molecule has 2 aromatic heterocycles. The number of aromatic nitrogens is 3. The van der Waals surface area contributed by atoms with Crippen molar-refractivity contribution in [1.82, 2.24) is 35.8 Å². The lowest BCUT2D eigenvalue weighted by Crippen LogP contribution is -2.60. The van der Waals surface area contributed by atoms with E-state index in [9.17, 15) is 29.1 Å². The average molecular weight is 668 g/mol. The van der Waals surface area contributed by atoms with Crippen LogP contribution in [0.15, 0.2) is 52.7 Å². The molecule has 17 nitrogen and oxygen atoms in total. The van der Waals surface area contributed by atoms with Crippen LogP contribution in [0.5, 0.6) is 0 Å². The van der Waals surface area contributed by atoms with E-state index < -0.39 is 53.9 Å². The van der Waals surface area contributed by atoms with Gasteiger partial charge in [-0.25, -0.2) is 19.6 Å². The molecule has 1 aliphatic heterocycles. The van der Waals surface area contributed by atoms with Crippen molar-refractivity contribution in [2.24, 2.45) is 22.2 Å². The lowest BCUT2D eigenvalue weighted by atomic mass is 9.93. The third-order valence-corrected chi connectivity index (χ3v) is 8.15. The normalized spacial score (nSPS) is 15.7. The van der Waals surface area contributed by atoms with Crippen molar-refractivity contribution in [3.8, 4) is 0 Å². The highest BCUT2D eigenvalue weighted by Gasteiger charge is 2.39. The quantitative estimate of drug-likeness (QED) is 0.0541. The fraction of sp³-hybridized carbons (Fsp3) is 0.379. The van der Waals surface area contributed by atoms with Crippen LogP contribution in [-0.4, -0.2) is 91.4 Å². The van der Waals surface area contributed by atoms with Gasteiger partial charge < -0.3 is 48.1 Å². The molecule has 47 heavy (non-hydrogen) atoms. The Morgan fingerprint density at radius 1 is 1.02 bits per heavy atom. The first kappa shape index (κ1) is 34.4. The number of carboxylic acid groups (broad SMARTS) is 1. The van der Waals surface area contributed by atoms with Crippen molar-refractivity contribution in [3.05, 3.63) is 70.2 Å². The molecule has 250 valence electrons. The number of benzene rings is 1. The number of hydrogen-bond acceptors (Lipinski definition) is 9. The van der Waals surface area contributed by atoms with Crippen LogP contribution in [0.4, 0.5) is 4.79 Å². The summed E-state index contributed by atoms with van der Waals surface area (Å²) in [7, 11) is 0. The number of thiazole rings is 1. The number of primary amides is 1. The maximum absolute atomic E-state index is 14.0. The highest BCUT2D eigenvalue weighted by Crippen LogP contribution is 2.25. The van der Waals surface area contributed by atoms with Crippen LogP contribution in [0, 0.1) is 0 Å². The number of rotatable bonds is 15. The van der Waals surface area contributed by atoms with E-state index in [1.165, 1.54) is 28.8 Å². The summed E-state index contributed by atoms with van der Waals surface area (Å²) in [6, 6.07) is 1.53. The van der Waals surface area contributed by atoms with Gasteiger partial charge in [-0.15, -0.1) is 11.3 Å². The highest BCUT2D eigenvalue weighted by atomic mass is 32.1. The van der Waals surface area contributed by atoms with E-state index >= 15 is 0 Å². The van der Waals surface area contributed by atoms with Crippen molar-refractivity contribution in [3.63, 3.8) is 0 Å². The number of fused-ring (bicyclic) bond motifs is 1. The fourth-order valence-corrected chi connectivity index (χ4v) is 5.81. The molecule has 0 saturated carbocycles. The number of aromatic amines is 1. The minimum absolute atomic E-state index is 0.00126. The minimum atomic E-state index is -1.24. The Morgan fingerprint density at radius 3 is 2.34 bits per heavy atom. The third kappa shape index (κ3) is 9.73.